The van der Waals surface area contributed by atoms with Crippen LogP contribution in [-0.4, -0.2) is 10.3 Å². The van der Waals surface area contributed by atoms with Gasteiger partial charge in [0.1, 0.15) is 5.04 Å². The highest BCUT2D eigenvalue weighted by Gasteiger charge is 2.35. The monoisotopic (exact) mass is 339 g/mol. The molecule has 1 aliphatic heterocycles. The van der Waals surface area contributed by atoms with Crippen molar-refractivity contribution < 1.29 is 5.21 Å². The highest BCUT2D eigenvalue weighted by atomic mass is 32.2. The molecule has 23 heavy (non-hydrogen) atoms. The third-order valence-electron chi connectivity index (χ3n) is 4.04. The largest absolute Gasteiger partial charge is 0.410 e. The summed E-state index contributed by atoms with van der Waals surface area (Å²) in [5.74, 6) is -0.283. The Morgan fingerprint density at radius 2 is 1.83 bits per heavy atom. The molecule has 0 amide bonds. The van der Waals surface area contributed by atoms with Gasteiger partial charge in [-0.1, -0.05) is 58.9 Å². The molecular formula is C18H13NO2S2. The standard InChI is InChI=1S/C18H13NO2S2/c1-10-6-8-11(9-7-10)14-15-16(20)12-4-2-3-5-13(12)22-18(15)23-17(14)19-21/h2-9,14,21H,1H3/b19-17-/t14-/m1/s1. The molecule has 114 valence electrons. The summed E-state index contributed by atoms with van der Waals surface area (Å²) in [5.41, 5.74) is 2.90. The van der Waals surface area contributed by atoms with E-state index in [9.17, 15) is 10.0 Å². The Morgan fingerprint density at radius 1 is 1.09 bits per heavy atom. The molecular weight excluding hydrogens is 326 g/mol. The second kappa shape index (κ2) is 5.51. The average molecular weight is 339 g/mol. The molecule has 3 aromatic rings. The topological polar surface area (TPSA) is 49.7 Å². The van der Waals surface area contributed by atoms with Gasteiger partial charge >= 0.3 is 0 Å². The zero-order valence-corrected chi connectivity index (χ0v) is 13.9. The maximum atomic E-state index is 13.0. The molecule has 0 aliphatic carbocycles. The van der Waals surface area contributed by atoms with Crippen molar-refractivity contribution in [2.24, 2.45) is 5.16 Å². The predicted molar refractivity (Wildman–Crippen MR) is 96.2 cm³/mol. The first-order valence-electron chi connectivity index (χ1n) is 7.21. The summed E-state index contributed by atoms with van der Waals surface area (Å²) < 4.78 is 1.89. The van der Waals surface area contributed by atoms with E-state index in [2.05, 4.69) is 5.16 Å². The molecule has 0 saturated carbocycles. The van der Waals surface area contributed by atoms with E-state index >= 15 is 0 Å². The first-order valence-corrected chi connectivity index (χ1v) is 8.84. The van der Waals surface area contributed by atoms with Crippen molar-refractivity contribution in [2.45, 2.75) is 17.1 Å². The van der Waals surface area contributed by atoms with Crippen molar-refractivity contribution in [1.82, 2.24) is 0 Å². The van der Waals surface area contributed by atoms with Crippen molar-refractivity contribution in [3.63, 3.8) is 0 Å². The van der Waals surface area contributed by atoms with E-state index in [-0.39, 0.29) is 11.3 Å². The highest BCUT2D eigenvalue weighted by molar-refractivity contribution is 8.16. The van der Waals surface area contributed by atoms with Gasteiger partial charge in [0.25, 0.3) is 0 Å². The van der Waals surface area contributed by atoms with E-state index < -0.39 is 0 Å². The summed E-state index contributed by atoms with van der Waals surface area (Å²) in [6.07, 6.45) is 0. The van der Waals surface area contributed by atoms with Gasteiger partial charge in [-0.2, -0.15) is 0 Å². The number of aryl methyl sites for hydroxylation is 1. The maximum absolute atomic E-state index is 13.0. The molecule has 3 nitrogen and oxygen atoms in total. The fourth-order valence-electron chi connectivity index (χ4n) is 2.88. The van der Waals surface area contributed by atoms with Crippen molar-refractivity contribution >= 4 is 38.2 Å². The molecule has 1 aromatic heterocycles. The van der Waals surface area contributed by atoms with Crippen LogP contribution < -0.4 is 5.43 Å². The van der Waals surface area contributed by atoms with Gasteiger partial charge < -0.3 is 5.21 Å². The fourth-order valence-corrected chi connectivity index (χ4v) is 5.44. The summed E-state index contributed by atoms with van der Waals surface area (Å²) in [4.78, 5) is 13.0. The second-order valence-electron chi connectivity index (χ2n) is 5.51. The SMILES string of the molecule is Cc1ccc([C@H]2/C(=N/O)Sc3sc4ccccc4c(=O)c32)cc1. The van der Waals surface area contributed by atoms with Crippen molar-refractivity contribution in [2.75, 3.05) is 0 Å². The smallest absolute Gasteiger partial charge is 0.193 e. The number of benzene rings is 2. The third kappa shape index (κ3) is 2.28. The molecule has 0 fully saturated rings. The number of nitrogens with zero attached hydrogens (tertiary/aromatic N) is 1. The number of hydrogen-bond donors (Lipinski definition) is 1. The van der Waals surface area contributed by atoms with Crippen LogP contribution in [0.25, 0.3) is 10.1 Å². The lowest BCUT2D eigenvalue weighted by Gasteiger charge is -2.11. The van der Waals surface area contributed by atoms with Gasteiger partial charge in [0.2, 0.25) is 0 Å². The van der Waals surface area contributed by atoms with Gasteiger partial charge in [0.15, 0.2) is 5.43 Å². The van der Waals surface area contributed by atoms with Gasteiger partial charge in [-0.15, -0.1) is 11.3 Å². The zero-order chi connectivity index (χ0) is 16.0. The molecule has 0 radical (unpaired) electrons. The van der Waals surface area contributed by atoms with Crippen LogP contribution in [0.1, 0.15) is 22.6 Å². The van der Waals surface area contributed by atoms with E-state index in [4.69, 9.17) is 0 Å². The molecule has 0 saturated heterocycles. The van der Waals surface area contributed by atoms with E-state index in [1.54, 1.807) is 11.3 Å². The Bertz CT molecular complexity index is 990. The normalized spacial score (nSPS) is 18.5. The van der Waals surface area contributed by atoms with Crippen LogP contribution in [0.15, 0.2) is 62.7 Å². The maximum Gasteiger partial charge on any atom is 0.193 e. The van der Waals surface area contributed by atoms with Gasteiger partial charge in [-0.25, -0.2) is 0 Å². The van der Waals surface area contributed by atoms with Crippen LogP contribution in [0.4, 0.5) is 0 Å². The van der Waals surface area contributed by atoms with Gasteiger partial charge in [-0.3, -0.25) is 4.79 Å². The van der Waals surface area contributed by atoms with Crippen LogP contribution in [0, 0.1) is 6.92 Å². The molecule has 2 heterocycles. The van der Waals surface area contributed by atoms with E-state index in [1.807, 2.05) is 55.5 Å². The van der Waals surface area contributed by atoms with Crippen LogP contribution >= 0.6 is 23.1 Å². The molecule has 2 aromatic carbocycles. The summed E-state index contributed by atoms with van der Waals surface area (Å²) in [5, 5.41) is 14.2. The van der Waals surface area contributed by atoms with E-state index in [1.165, 1.54) is 11.8 Å². The first-order chi connectivity index (χ1) is 11.2. The third-order valence-corrected chi connectivity index (χ3v) is 6.45. The zero-order valence-electron chi connectivity index (χ0n) is 12.3. The number of thioether (sulfide) groups is 1. The lowest BCUT2D eigenvalue weighted by atomic mass is 9.92. The Morgan fingerprint density at radius 3 is 2.57 bits per heavy atom. The summed E-state index contributed by atoms with van der Waals surface area (Å²) >= 11 is 2.97. The van der Waals surface area contributed by atoms with Crippen molar-refractivity contribution in [3.8, 4) is 0 Å². The van der Waals surface area contributed by atoms with Crippen molar-refractivity contribution in [3.05, 3.63) is 75.4 Å². The van der Waals surface area contributed by atoms with E-state index in [0.29, 0.717) is 5.04 Å². The number of hydrogen-bond acceptors (Lipinski definition) is 5. The Labute approximate surface area is 141 Å². The summed E-state index contributed by atoms with van der Waals surface area (Å²) in [6.45, 7) is 2.02. The predicted octanol–water partition coefficient (Wildman–Crippen LogP) is 4.60. The first kappa shape index (κ1) is 14.5. The Hall–Kier alpha value is -2.11. The lowest BCUT2D eigenvalue weighted by Crippen LogP contribution is -2.15. The molecule has 5 heteroatoms. The number of oxime groups is 1. The second-order valence-corrected chi connectivity index (χ2v) is 7.85. The van der Waals surface area contributed by atoms with Crippen LogP contribution in [-0.2, 0) is 0 Å². The molecule has 4 rings (SSSR count). The molecule has 0 bridgehead atoms. The Kier molecular flexibility index (Phi) is 3.47. The van der Waals surface area contributed by atoms with Crippen LogP contribution in [0.2, 0.25) is 0 Å². The molecule has 1 aliphatic rings. The Balaban J connectivity index is 2.00. The number of rotatable bonds is 1. The van der Waals surface area contributed by atoms with E-state index in [0.717, 1.165) is 31.0 Å². The minimum atomic E-state index is -0.283. The van der Waals surface area contributed by atoms with Gasteiger partial charge in [0, 0.05) is 15.6 Å². The van der Waals surface area contributed by atoms with Crippen LogP contribution in [0.3, 0.4) is 0 Å². The minimum Gasteiger partial charge on any atom is -0.410 e. The van der Waals surface area contributed by atoms with Crippen molar-refractivity contribution in [1.29, 1.82) is 0 Å². The average Bonchev–Trinajstić information content (AvgIpc) is 2.94. The fraction of sp³-hybridized carbons (Fsp3) is 0.111. The highest BCUT2D eigenvalue weighted by Crippen LogP contribution is 2.47. The molecule has 1 N–H and O–H groups in total. The van der Waals surface area contributed by atoms with Gasteiger partial charge in [0.05, 0.1) is 10.1 Å². The van der Waals surface area contributed by atoms with Gasteiger partial charge in [-0.05, 0) is 24.6 Å². The number of fused-ring (bicyclic) bond motifs is 2. The molecule has 0 spiro atoms. The summed E-state index contributed by atoms with van der Waals surface area (Å²) in [7, 11) is 0. The van der Waals surface area contributed by atoms with Crippen LogP contribution in [0.5, 0.6) is 0 Å². The quantitative estimate of drug-likeness (QED) is 0.521. The minimum absolute atomic E-state index is 0.0334. The summed E-state index contributed by atoms with van der Waals surface area (Å²) in [6, 6.07) is 15.7. The lowest BCUT2D eigenvalue weighted by molar-refractivity contribution is 0.319. The molecule has 1 atom stereocenters. The molecule has 0 unspecified atom stereocenters.